The molecule has 5 rings (SSSR count). The molecule has 1 saturated heterocycles. The van der Waals surface area contributed by atoms with Crippen molar-refractivity contribution in [1.82, 2.24) is 30.3 Å². The Morgan fingerprint density at radius 3 is 2.91 bits per heavy atom. The van der Waals surface area contributed by atoms with Crippen molar-refractivity contribution < 1.29 is 14.4 Å². The second-order valence-electron chi connectivity index (χ2n) is 8.71. The van der Waals surface area contributed by atoms with Crippen LogP contribution < -0.4 is 15.0 Å². The van der Waals surface area contributed by atoms with Crippen molar-refractivity contribution in [3.8, 4) is 17.1 Å². The van der Waals surface area contributed by atoms with E-state index in [2.05, 4.69) is 35.5 Å². The van der Waals surface area contributed by atoms with Gasteiger partial charge in [0.2, 0.25) is 11.8 Å². The summed E-state index contributed by atoms with van der Waals surface area (Å²) in [5.41, 5.74) is 3.52. The van der Waals surface area contributed by atoms with Crippen LogP contribution in [0.3, 0.4) is 0 Å². The first kappa shape index (κ1) is 22.8. The van der Waals surface area contributed by atoms with E-state index in [1.165, 1.54) is 0 Å². The molecule has 4 aromatic heterocycles. The number of aliphatic hydroxyl groups excluding tert-OH is 1. The number of aromatic nitrogens is 6. The largest absolute Gasteiger partial charge is 0.475 e. The summed E-state index contributed by atoms with van der Waals surface area (Å²) in [6.45, 7) is 6.42. The van der Waals surface area contributed by atoms with E-state index in [0.29, 0.717) is 23.5 Å². The number of pyridine rings is 1. The first-order valence-electron chi connectivity index (χ1n) is 11.6. The lowest BCUT2D eigenvalue weighted by Crippen LogP contribution is -2.25. The molecule has 0 radical (unpaired) electrons. The predicted octanol–water partition coefficient (Wildman–Crippen LogP) is 3.71. The Balaban J connectivity index is 1.45. The van der Waals surface area contributed by atoms with Crippen LogP contribution in [0.4, 0.5) is 17.6 Å². The third-order valence-corrected chi connectivity index (χ3v) is 5.77. The number of hydrogen-bond acceptors (Lipinski definition) is 10. The van der Waals surface area contributed by atoms with Crippen molar-refractivity contribution >= 4 is 17.6 Å². The molecule has 3 N–H and O–H groups in total. The van der Waals surface area contributed by atoms with Crippen LogP contribution in [0.5, 0.6) is 5.88 Å². The summed E-state index contributed by atoms with van der Waals surface area (Å²) in [5.74, 6) is 2.79. The zero-order valence-corrected chi connectivity index (χ0v) is 19.9. The maximum absolute atomic E-state index is 9.68. The second kappa shape index (κ2) is 9.71. The van der Waals surface area contributed by atoms with Crippen molar-refractivity contribution in [2.45, 2.75) is 45.8 Å². The van der Waals surface area contributed by atoms with Gasteiger partial charge in [-0.15, -0.1) is 0 Å². The molecule has 5 heterocycles. The monoisotopic (exact) mass is 476 g/mol. The lowest BCUT2D eigenvalue weighted by Gasteiger charge is -2.23. The van der Waals surface area contributed by atoms with Gasteiger partial charge < -0.3 is 24.6 Å². The lowest BCUT2D eigenvalue weighted by atomic mass is 10.1. The number of rotatable bonds is 8. The average Bonchev–Trinajstić information content (AvgIpc) is 3.59. The van der Waals surface area contributed by atoms with E-state index in [-0.39, 0.29) is 12.6 Å². The molecule has 11 nitrogen and oxygen atoms in total. The van der Waals surface area contributed by atoms with Gasteiger partial charge in [-0.05, 0) is 45.7 Å². The Hall–Kier alpha value is -3.99. The molecule has 35 heavy (non-hydrogen) atoms. The minimum Gasteiger partial charge on any atom is -0.475 e. The molecule has 1 aliphatic heterocycles. The molecule has 0 aromatic carbocycles. The molecule has 182 valence electrons. The van der Waals surface area contributed by atoms with Crippen LogP contribution in [0.15, 0.2) is 41.1 Å². The van der Waals surface area contributed by atoms with Gasteiger partial charge in [-0.3, -0.25) is 10.1 Å². The van der Waals surface area contributed by atoms with Gasteiger partial charge in [0, 0.05) is 47.9 Å². The molecule has 1 aliphatic rings. The summed E-state index contributed by atoms with van der Waals surface area (Å²) in [6, 6.07) is 9.34. The Morgan fingerprint density at radius 2 is 2.14 bits per heavy atom. The van der Waals surface area contributed by atoms with Gasteiger partial charge in [0.05, 0.1) is 12.1 Å². The van der Waals surface area contributed by atoms with E-state index in [4.69, 9.17) is 14.2 Å². The van der Waals surface area contributed by atoms with Gasteiger partial charge in [-0.1, -0.05) is 5.16 Å². The fraction of sp³-hybridized carbons (Fsp3) is 0.375. The van der Waals surface area contributed by atoms with Crippen LogP contribution in [0.2, 0.25) is 0 Å². The van der Waals surface area contributed by atoms with E-state index < -0.39 is 6.10 Å². The molecule has 0 bridgehead atoms. The average molecular weight is 477 g/mol. The fourth-order valence-electron chi connectivity index (χ4n) is 4.13. The molecule has 1 fully saturated rings. The van der Waals surface area contributed by atoms with E-state index in [1.807, 2.05) is 38.1 Å². The third kappa shape index (κ3) is 5.09. The van der Waals surface area contributed by atoms with Crippen molar-refractivity contribution in [1.29, 1.82) is 0 Å². The Labute approximate surface area is 202 Å². The highest BCUT2D eigenvalue weighted by atomic mass is 16.5. The number of nitrogens with zero attached hydrogens (tertiary/aromatic N) is 6. The molecule has 11 heteroatoms. The zero-order valence-electron chi connectivity index (χ0n) is 19.9. The Kier molecular flexibility index (Phi) is 6.32. The number of aromatic amines is 1. The van der Waals surface area contributed by atoms with Crippen molar-refractivity contribution in [3.05, 3.63) is 53.7 Å². The molecular formula is C24H28N8O3. The van der Waals surface area contributed by atoms with Crippen molar-refractivity contribution in [3.63, 3.8) is 0 Å². The molecule has 0 saturated carbocycles. The maximum Gasteiger partial charge on any atom is 0.231 e. The minimum atomic E-state index is -0.623. The summed E-state index contributed by atoms with van der Waals surface area (Å²) < 4.78 is 11.5. The second-order valence-corrected chi connectivity index (χ2v) is 8.71. The number of hydrogen-bond donors (Lipinski definition) is 3. The van der Waals surface area contributed by atoms with Crippen LogP contribution in [-0.2, 0) is 0 Å². The van der Waals surface area contributed by atoms with Gasteiger partial charge in [-0.25, -0.2) is 0 Å². The number of H-pyrrole nitrogens is 1. The Morgan fingerprint density at radius 1 is 1.26 bits per heavy atom. The predicted molar refractivity (Wildman–Crippen MR) is 130 cm³/mol. The SMILES string of the molecule is Cc1cc(Nc2cc(OC[C@@H](C)O)nc(N3CCCC3c3cc(-c4cccnc4C)no3)n2)n[nH]1. The molecule has 0 spiro atoms. The van der Waals surface area contributed by atoms with E-state index >= 15 is 0 Å². The fourth-order valence-corrected chi connectivity index (χ4v) is 4.13. The van der Waals surface area contributed by atoms with E-state index in [9.17, 15) is 5.11 Å². The zero-order chi connectivity index (χ0) is 24.4. The number of nitrogens with one attached hydrogen (secondary N) is 2. The van der Waals surface area contributed by atoms with E-state index in [0.717, 1.165) is 47.8 Å². The van der Waals surface area contributed by atoms with Crippen LogP contribution >= 0.6 is 0 Å². The summed E-state index contributed by atoms with van der Waals surface area (Å²) in [7, 11) is 0. The maximum atomic E-state index is 9.68. The van der Waals surface area contributed by atoms with Crippen LogP contribution in [-0.4, -0.2) is 54.7 Å². The first-order chi connectivity index (χ1) is 17.0. The van der Waals surface area contributed by atoms with E-state index in [1.54, 1.807) is 19.2 Å². The summed E-state index contributed by atoms with van der Waals surface area (Å²) in [4.78, 5) is 15.8. The van der Waals surface area contributed by atoms with Gasteiger partial charge >= 0.3 is 0 Å². The minimum absolute atomic E-state index is 0.0688. The summed E-state index contributed by atoms with van der Waals surface area (Å²) >= 11 is 0. The smallest absolute Gasteiger partial charge is 0.231 e. The van der Waals surface area contributed by atoms with Gasteiger partial charge in [0.15, 0.2) is 11.6 Å². The van der Waals surface area contributed by atoms with Crippen molar-refractivity contribution in [2.75, 3.05) is 23.4 Å². The molecule has 2 atom stereocenters. The van der Waals surface area contributed by atoms with Crippen LogP contribution in [0.25, 0.3) is 11.3 Å². The van der Waals surface area contributed by atoms with Gasteiger partial charge in [-0.2, -0.15) is 15.1 Å². The third-order valence-electron chi connectivity index (χ3n) is 5.77. The van der Waals surface area contributed by atoms with Crippen LogP contribution in [0.1, 0.15) is 43.0 Å². The number of anilines is 3. The highest BCUT2D eigenvalue weighted by molar-refractivity contribution is 5.62. The number of ether oxygens (including phenoxy) is 1. The standard InChI is InChI=1S/C24H28N8O3/c1-14-10-22(30-29-14)26-21-12-23(34-13-15(2)33)28-24(27-21)32-9-5-7-19(32)20-11-18(31-35-20)17-6-4-8-25-16(17)3/h4,6,8,10-12,15,19,33H,5,7,9,13H2,1-3H3,(H2,26,27,28,29,30)/t15-,19?/m1/s1. The first-order valence-corrected chi connectivity index (χ1v) is 11.6. The van der Waals surface area contributed by atoms with Crippen LogP contribution in [0, 0.1) is 13.8 Å². The van der Waals surface area contributed by atoms with Crippen molar-refractivity contribution in [2.24, 2.45) is 0 Å². The summed E-state index contributed by atoms with van der Waals surface area (Å²) in [5, 5.41) is 24.3. The van der Waals surface area contributed by atoms with Gasteiger partial charge in [0.1, 0.15) is 18.1 Å². The molecule has 0 aliphatic carbocycles. The topological polar surface area (TPSA) is 138 Å². The Bertz CT molecular complexity index is 1300. The number of aryl methyl sites for hydroxylation is 2. The normalized spacial score (nSPS) is 16.5. The van der Waals surface area contributed by atoms with Gasteiger partial charge in [0.25, 0.3) is 0 Å². The summed E-state index contributed by atoms with van der Waals surface area (Å²) in [6.07, 6.45) is 2.97. The highest BCUT2D eigenvalue weighted by Gasteiger charge is 2.32. The molecule has 1 unspecified atom stereocenters. The number of aliphatic hydroxyl groups is 1. The highest BCUT2D eigenvalue weighted by Crippen LogP contribution is 2.37. The quantitative estimate of drug-likeness (QED) is 0.345. The molecular weight excluding hydrogens is 448 g/mol. The lowest BCUT2D eigenvalue weighted by molar-refractivity contribution is 0.120. The molecule has 0 amide bonds. The molecule has 4 aromatic rings.